The molecule has 0 fully saturated rings. The number of rotatable bonds is 3. The zero-order chi connectivity index (χ0) is 8.97. The Morgan fingerprint density at radius 1 is 1.58 bits per heavy atom. The summed E-state index contributed by atoms with van der Waals surface area (Å²) in [6.45, 7) is 2.13. The summed E-state index contributed by atoms with van der Waals surface area (Å²) in [6, 6.07) is 3.59. The van der Waals surface area contributed by atoms with E-state index >= 15 is 0 Å². The van der Waals surface area contributed by atoms with Crippen LogP contribution in [-0.2, 0) is 0 Å². The van der Waals surface area contributed by atoms with Crippen molar-refractivity contribution in [2.45, 2.75) is 6.92 Å². The Morgan fingerprint density at radius 3 is 2.92 bits per heavy atom. The first-order chi connectivity index (χ1) is 5.77. The molecular formula is C8H8FNO2. The quantitative estimate of drug-likeness (QED) is 0.652. The third-order valence-corrected chi connectivity index (χ3v) is 1.32. The molecule has 1 aromatic rings. The van der Waals surface area contributed by atoms with Gasteiger partial charge in [0.25, 0.3) is 0 Å². The third kappa shape index (κ3) is 1.78. The fourth-order valence-corrected chi connectivity index (χ4v) is 0.834. The van der Waals surface area contributed by atoms with Gasteiger partial charge < -0.3 is 4.74 Å². The third-order valence-electron chi connectivity index (χ3n) is 1.32. The van der Waals surface area contributed by atoms with Crippen LogP contribution >= 0.6 is 0 Å². The molecule has 0 aromatic heterocycles. The second kappa shape index (κ2) is 3.80. The molecule has 0 unspecified atom stereocenters. The number of halogens is 1. The number of hydrogen-bond donors (Lipinski definition) is 0. The highest BCUT2D eigenvalue weighted by atomic mass is 19.1. The van der Waals surface area contributed by atoms with Crippen molar-refractivity contribution in [2.24, 2.45) is 5.18 Å². The van der Waals surface area contributed by atoms with Gasteiger partial charge in [-0.1, -0.05) is 0 Å². The average Bonchev–Trinajstić information content (AvgIpc) is 2.05. The minimum Gasteiger partial charge on any atom is -0.491 e. The number of nitrogens with zero attached hydrogens (tertiary/aromatic N) is 1. The molecule has 4 heteroatoms. The monoisotopic (exact) mass is 169 g/mol. The van der Waals surface area contributed by atoms with Crippen LogP contribution in [0.3, 0.4) is 0 Å². The molecule has 0 heterocycles. The van der Waals surface area contributed by atoms with Crippen molar-refractivity contribution in [3.63, 3.8) is 0 Å². The van der Waals surface area contributed by atoms with E-state index in [2.05, 4.69) is 5.18 Å². The topological polar surface area (TPSA) is 38.7 Å². The Kier molecular flexibility index (Phi) is 2.74. The molecule has 0 aliphatic rings. The van der Waals surface area contributed by atoms with Gasteiger partial charge in [-0.2, -0.15) is 0 Å². The van der Waals surface area contributed by atoms with E-state index in [9.17, 15) is 9.30 Å². The molecule has 0 amide bonds. The van der Waals surface area contributed by atoms with E-state index in [0.717, 1.165) is 6.07 Å². The number of hydrogen-bond acceptors (Lipinski definition) is 3. The molecule has 0 spiro atoms. The molecule has 1 aromatic carbocycles. The highest BCUT2D eigenvalue weighted by molar-refractivity contribution is 5.51. The zero-order valence-corrected chi connectivity index (χ0v) is 6.58. The lowest BCUT2D eigenvalue weighted by Gasteiger charge is -2.03. The highest BCUT2D eigenvalue weighted by Gasteiger charge is 2.04. The predicted octanol–water partition coefficient (Wildman–Crippen LogP) is 2.62. The number of benzene rings is 1. The molecule has 0 bridgehead atoms. The fraction of sp³-hybridized carbons (Fsp3) is 0.250. The van der Waals surface area contributed by atoms with Crippen molar-refractivity contribution >= 4 is 5.69 Å². The molecule has 0 N–H and O–H groups in total. The largest absolute Gasteiger partial charge is 0.491 e. The van der Waals surface area contributed by atoms with Crippen molar-refractivity contribution in [1.82, 2.24) is 0 Å². The van der Waals surface area contributed by atoms with Crippen LogP contribution in [0.2, 0.25) is 0 Å². The number of ether oxygens (including phenoxy) is 1. The van der Waals surface area contributed by atoms with E-state index in [0.29, 0.717) is 6.61 Å². The molecule has 3 nitrogen and oxygen atoms in total. The molecule has 0 saturated heterocycles. The summed E-state index contributed by atoms with van der Waals surface area (Å²) >= 11 is 0. The SMILES string of the molecule is CCOc1cc(F)ccc1N=O. The van der Waals surface area contributed by atoms with Crippen LogP contribution in [0.1, 0.15) is 6.92 Å². The minimum absolute atomic E-state index is 0.123. The van der Waals surface area contributed by atoms with Gasteiger partial charge in [-0.25, -0.2) is 4.39 Å². The van der Waals surface area contributed by atoms with Crippen LogP contribution in [0.4, 0.5) is 10.1 Å². The molecule has 12 heavy (non-hydrogen) atoms. The van der Waals surface area contributed by atoms with E-state index in [-0.39, 0.29) is 11.4 Å². The Morgan fingerprint density at radius 2 is 2.33 bits per heavy atom. The summed E-state index contributed by atoms with van der Waals surface area (Å²) in [7, 11) is 0. The Balaban J connectivity index is 3.03. The molecule has 64 valence electrons. The van der Waals surface area contributed by atoms with Gasteiger partial charge in [-0.15, -0.1) is 4.91 Å². The summed E-state index contributed by atoms with van der Waals surface area (Å²) in [5.74, 6) is -0.252. The fourth-order valence-electron chi connectivity index (χ4n) is 0.834. The second-order valence-corrected chi connectivity index (χ2v) is 2.14. The van der Waals surface area contributed by atoms with Gasteiger partial charge in [0.1, 0.15) is 11.5 Å². The van der Waals surface area contributed by atoms with Crippen molar-refractivity contribution in [2.75, 3.05) is 6.61 Å². The van der Waals surface area contributed by atoms with Crippen LogP contribution < -0.4 is 4.74 Å². The molecule has 0 radical (unpaired) electrons. The van der Waals surface area contributed by atoms with Gasteiger partial charge in [-0.3, -0.25) is 0 Å². The Hall–Kier alpha value is -1.45. The van der Waals surface area contributed by atoms with E-state index in [1.54, 1.807) is 6.92 Å². The van der Waals surface area contributed by atoms with Gasteiger partial charge >= 0.3 is 0 Å². The summed E-state index contributed by atoms with van der Waals surface area (Å²) < 4.78 is 17.6. The summed E-state index contributed by atoms with van der Waals surface area (Å²) in [5.41, 5.74) is 0.123. The molecule has 0 atom stereocenters. The smallest absolute Gasteiger partial charge is 0.151 e. The molecule has 0 aliphatic carbocycles. The standard InChI is InChI=1S/C8H8FNO2/c1-2-12-8-5-6(9)3-4-7(8)10-11/h3-5H,2H2,1H3. The molecule has 1 rings (SSSR count). The average molecular weight is 169 g/mol. The summed E-state index contributed by atoms with van der Waals surface area (Å²) in [6.07, 6.45) is 0. The number of nitroso groups, excluding NO2 is 1. The van der Waals surface area contributed by atoms with Gasteiger partial charge in [0.2, 0.25) is 0 Å². The maximum Gasteiger partial charge on any atom is 0.151 e. The van der Waals surface area contributed by atoms with Crippen molar-refractivity contribution < 1.29 is 9.13 Å². The first-order valence-corrected chi connectivity index (χ1v) is 3.53. The van der Waals surface area contributed by atoms with Crippen molar-refractivity contribution in [3.05, 3.63) is 28.9 Å². The molecule has 0 saturated carbocycles. The normalized spacial score (nSPS) is 9.50. The van der Waals surface area contributed by atoms with Crippen LogP contribution in [-0.4, -0.2) is 6.61 Å². The Bertz CT molecular complexity index is 288. The molecular weight excluding hydrogens is 161 g/mol. The van der Waals surface area contributed by atoms with Gasteiger partial charge in [0.05, 0.1) is 6.61 Å². The van der Waals surface area contributed by atoms with Crippen LogP contribution in [0, 0.1) is 10.7 Å². The van der Waals surface area contributed by atoms with Gasteiger partial charge in [0, 0.05) is 6.07 Å². The minimum atomic E-state index is -0.439. The van der Waals surface area contributed by atoms with Crippen LogP contribution in [0.5, 0.6) is 5.75 Å². The first-order valence-electron chi connectivity index (χ1n) is 3.53. The van der Waals surface area contributed by atoms with E-state index < -0.39 is 5.82 Å². The highest BCUT2D eigenvalue weighted by Crippen LogP contribution is 2.27. The Labute approximate surface area is 69.1 Å². The molecule has 0 aliphatic heterocycles. The van der Waals surface area contributed by atoms with Gasteiger partial charge in [0.15, 0.2) is 5.75 Å². The van der Waals surface area contributed by atoms with E-state index in [1.165, 1.54) is 12.1 Å². The first kappa shape index (κ1) is 8.64. The summed E-state index contributed by atoms with van der Waals surface area (Å²) in [4.78, 5) is 10.2. The zero-order valence-electron chi connectivity index (χ0n) is 6.58. The maximum atomic E-state index is 12.6. The lowest BCUT2D eigenvalue weighted by Crippen LogP contribution is -1.92. The lowest BCUT2D eigenvalue weighted by atomic mass is 10.3. The lowest BCUT2D eigenvalue weighted by molar-refractivity contribution is 0.339. The van der Waals surface area contributed by atoms with Crippen molar-refractivity contribution in [3.8, 4) is 5.75 Å². The van der Waals surface area contributed by atoms with E-state index in [1.807, 2.05) is 0 Å². The van der Waals surface area contributed by atoms with E-state index in [4.69, 9.17) is 4.74 Å². The maximum absolute atomic E-state index is 12.6. The van der Waals surface area contributed by atoms with Crippen LogP contribution in [0.15, 0.2) is 23.4 Å². The van der Waals surface area contributed by atoms with Crippen molar-refractivity contribution in [1.29, 1.82) is 0 Å². The van der Waals surface area contributed by atoms with Gasteiger partial charge in [-0.05, 0) is 24.2 Å². The predicted molar refractivity (Wildman–Crippen MR) is 43.0 cm³/mol. The summed E-state index contributed by atoms with van der Waals surface area (Å²) in [5, 5.41) is 2.69. The second-order valence-electron chi connectivity index (χ2n) is 2.14. The van der Waals surface area contributed by atoms with Crippen LogP contribution in [0.25, 0.3) is 0 Å².